The molecular formula is C23H24N4O4. The number of aromatic amines is 1. The van der Waals surface area contributed by atoms with E-state index in [4.69, 9.17) is 4.74 Å². The summed E-state index contributed by atoms with van der Waals surface area (Å²) in [5, 5.41) is 3.89. The number of carbonyl (C=O) groups is 1. The van der Waals surface area contributed by atoms with Gasteiger partial charge in [0, 0.05) is 30.2 Å². The molecule has 2 aromatic carbocycles. The van der Waals surface area contributed by atoms with E-state index in [-0.39, 0.29) is 12.5 Å². The Morgan fingerprint density at radius 2 is 1.77 bits per heavy atom. The Hall–Kier alpha value is -3.81. The highest BCUT2D eigenvalue weighted by atomic mass is 16.5. The molecule has 0 fully saturated rings. The topological polar surface area (TPSA) is 98.1 Å². The number of methoxy groups -OCH3 is 1. The van der Waals surface area contributed by atoms with Gasteiger partial charge < -0.3 is 19.6 Å². The summed E-state index contributed by atoms with van der Waals surface area (Å²) in [6.45, 7) is 2.39. The van der Waals surface area contributed by atoms with Gasteiger partial charge >= 0.3 is 11.1 Å². The standard InChI is InChI=1S/C23H24N4O4/c1-3-26-19-6-4-5-7-20(19)27(23(30)22(26)29)14-21(28)24-11-10-15-13-25-18-9-8-16(31-2)12-17(15)18/h4-9,12-13,25H,3,10-11,14H2,1-2H3,(H,24,28). The van der Waals surface area contributed by atoms with Crippen molar-refractivity contribution < 1.29 is 9.53 Å². The molecular weight excluding hydrogens is 396 g/mol. The van der Waals surface area contributed by atoms with Gasteiger partial charge in [0.2, 0.25) is 5.91 Å². The molecule has 1 amide bonds. The lowest BCUT2D eigenvalue weighted by Gasteiger charge is -2.14. The molecule has 0 aliphatic heterocycles. The zero-order valence-electron chi connectivity index (χ0n) is 17.5. The van der Waals surface area contributed by atoms with E-state index in [0.717, 1.165) is 22.2 Å². The number of amides is 1. The Morgan fingerprint density at radius 1 is 1.06 bits per heavy atom. The van der Waals surface area contributed by atoms with Crippen LogP contribution >= 0.6 is 0 Å². The Balaban J connectivity index is 1.50. The van der Waals surface area contributed by atoms with Gasteiger partial charge in [0.05, 0.1) is 18.1 Å². The normalized spacial score (nSPS) is 11.2. The summed E-state index contributed by atoms with van der Waals surface area (Å²) in [6, 6.07) is 12.9. The second-order valence-corrected chi connectivity index (χ2v) is 7.25. The van der Waals surface area contributed by atoms with Crippen LogP contribution in [-0.4, -0.2) is 33.7 Å². The fourth-order valence-corrected chi connectivity index (χ4v) is 3.87. The third-order valence-corrected chi connectivity index (χ3v) is 5.45. The van der Waals surface area contributed by atoms with E-state index in [1.54, 1.807) is 31.4 Å². The van der Waals surface area contributed by atoms with Crippen LogP contribution in [0.4, 0.5) is 0 Å². The smallest absolute Gasteiger partial charge is 0.317 e. The quantitative estimate of drug-likeness (QED) is 0.447. The van der Waals surface area contributed by atoms with E-state index in [1.807, 2.05) is 31.3 Å². The number of ether oxygens (including phenoxy) is 1. The first-order chi connectivity index (χ1) is 15.0. The van der Waals surface area contributed by atoms with Crippen LogP contribution in [0, 0.1) is 0 Å². The van der Waals surface area contributed by atoms with Crippen molar-refractivity contribution in [1.29, 1.82) is 0 Å². The van der Waals surface area contributed by atoms with E-state index in [9.17, 15) is 14.4 Å². The Bertz CT molecular complexity index is 1380. The number of para-hydroxylation sites is 2. The molecule has 31 heavy (non-hydrogen) atoms. The van der Waals surface area contributed by atoms with Gasteiger partial charge in [-0.25, -0.2) is 0 Å². The van der Waals surface area contributed by atoms with Gasteiger partial charge in [-0.2, -0.15) is 0 Å². The minimum atomic E-state index is -0.695. The molecule has 4 rings (SSSR count). The van der Waals surface area contributed by atoms with Crippen LogP contribution in [0.1, 0.15) is 12.5 Å². The minimum Gasteiger partial charge on any atom is -0.497 e. The van der Waals surface area contributed by atoms with Crippen LogP contribution in [0.3, 0.4) is 0 Å². The fourth-order valence-electron chi connectivity index (χ4n) is 3.87. The molecule has 0 bridgehead atoms. The molecule has 0 saturated heterocycles. The Morgan fingerprint density at radius 3 is 2.48 bits per heavy atom. The summed E-state index contributed by atoms with van der Waals surface area (Å²) < 4.78 is 7.96. The number of rotatable bonds is 7. The summed E-state index contributed by atoms with van der Waals surface area (Å²) in [6.07, 6.45) is 2.53. The van der Waals surface area contributed by atoms with Crippen LogP contribution in [-0.2, 0) is 24.3 Å². The van der Waals surface area contributed by atoms with Crippen molar-refractivity contribution in [3.05, 3.63) is 74.9 Å². The van der Waals surface area contributed by atoms with Crippen molar-refractivity contribution in [1.82, 2.24) is 19.4 Å². The number of hydrogen-bond donors (Lipinski definition) is 2. The maximum Gasteiger partial charge on any atom is 0.317 e. The van der Waals surface area contributed by atoms with E-state index >= 15 is 0 Å². The number of fused-ring (bicyclic) bond motifs is 2. The SMILES string of the molecule is CCn1c(=O)c(=O)n(CC(=O)NCCc2c[nH]c3ccc(OC)cc23)c2ccccc21. The van der Waals surface area contributed by atoms with Gasteiger partial charge in [-0.15, -0.1) is 0 Å². The maximum absolute atomic E-state index is 12.6. The molecule has 2 aromatic heterocycles. The van der Waals surface area contributed by atoms with Crippen molar-refractivity contribution >= 4 is 27.8 Å². The first kappa shape index (κ1) is 20.5. The van der Waals surface area contributed by atoms with Crippen molar-refractivity contribution in [3.8, 4) is 5.75 Å². The van der Waals surface area contributed by atoms with E-state index in [0.29, 0.717) is 30.5 Å². The third kappa shape index (κ3) is 3.84. The van der Waals surface area contributed by atoms with Crippen LogP contribution in [0.2, 0.25) is 0 Å². The zero-order chi connectivity index (χ0) is 22.0. The number of carbonyl (C=O) groups excluding carboxylic acids is 1. The number of aromatic nitrogens is 3. The molecule has 0 aliphatic rings. The molecule has 0 aliphatic carbocycles. The molecule has 0 unspecified atom stereocenters. The summed E-state index contributed by atoms with van der Waals surface area (Å²) in [7, 11) is 1.62. The number of nitrogens with one attached hydrogen (secondary N) is 2. The fraction of sp³-hybridized carbons (Fsp3) is 0.261. The molecule has 0 saturated carbocycles. The lowest BCUT2D eigenvalue weighted by Crippen LogP contribution is -2.43. The van der Waals surface area contributed by atoms with Gasteiger partial charge in [0.25, 0.3) is 0 Å². The molecule has 0 spiro atoms. The molecule has 4 aromatic rings. The van der Waals surface area contributed by atoms with Crippen molar-refractivity contribution in [2.75, 3.05) is 13.7 Å². The minimum absolute atomic E-state index is 0.207. The first-order valence-corrected chi connectivity index (χ1v) is 10.2. The predicted octanol–water partition coefficient (Wildman–Crippen LogP) is 2.03. The highest BCUT2D eigenvalue weighted by molar-refractivity contribution is 5.85. The average molecular weight is 420 g/mol. The van der Waals surface area contributed by atoms with Crippen LogP contribution in [0.5, 0.6) is 5.75 Å². The molecule has 160 valence electrons. The Kier molecular flexibility index (Phi) is 5.62. The van der Waals surface area contributed by atoms with E-state index < -0.39 is 11.1 Å². The molecule has 8 heteroatoms. The van der Waals surface area contributed by atoms with Gasteiger partial charge in [-0.05, 0) is 49.2 Å². The first-order valence-electron chi connectivity index (χ1n) is 10.2. The van der Waals surface area contributed by atoms with E-state index in [2.05, 4.69) is 10.3 Å². The van der Waals surface area contributed by atoms with Crippen LogP contribution < -0.4 is 21.2 Å². The zero-order valence-corrected chi connectivity index (χ0v) is 17.5. The second kappa shape index (κ2) is 8.51. The lowest BCUT2D eigenvalue weighted by atomic mass is 10.1. The number of aryl methyl sites for hydroxylation is 1. The van der Waals surface area contributed by atoms with Crippen LogP contribution in [0.25, 0.3) is 21.9 Å². The molecule has 8 nitrogen and oxygen atoms in total. The summed E-state index contributed by atoms with van der Waals surface area (Å²) >= 11 is 0. The number of H-pyrrole nitrogens is 1. The largest absolute Gasteiger partial charge is 0.497 e. The highest BCUT2D eigenvalue weighted by Crippen LogP contribution is 2.23. The van der Waals surface area contributed by atoms with Gasteiger partial charge in [0.15, 0.2) is 0 Å². The molecule has 2 N–H and O–H groups in total. The molecule has 2 heterocycles. The summed E-state index contributed by atoms with van der Waals surface area (Å²) in [5.74, 6) is 0.448. The summed E-state index contributed by atoms with van der Waals surface area (Å²) in [4.78, 5) is 40.8. The van der Waals surface area contributed by atoms with E-state index in [1.165, 1.54) is 9.13 Å². The molecule has 0 atom stereocenters. The lowest BCUT2D eigenvalue weighted by molar-refractivity contribution is -0.121. The van der Waals surface area contributed by atoms with Crippen molar-refractivity contribution in [2.45, 2.75) is 26.4 Å². The number of hydrogen-bond acceptors (Lipinski definition) is 4. The van der Waals surface area contributed by atoms with Gasteiger partial charge in [-0.1, -0.05) is 12.1 Å². The highest BCUT2D eigenvalue weighted by Gasteiger charge is 2.14. The van der Waals surface area contributed by atoms with Gasteiger partial charge in [0.1, 0.15) is 12.3 Å². The second-order valence-electron chi connectivity index (χ2n) is 7.25. The van der Waals surface area contributed by atoms with Crippen molar-refractivity contribution in [2.24, 2.45) is 0 Å². The maximum atomic E-state index is 12.6. The third-order valence-electron chi connectivity index (χ3n) is 5.45. The van der Waals surface area contributed by atoms with Crippen LogP contribution in [0.15, 0.2) is 58.3 Å². The number of benzene rings is 2. The Labute approximate surface area is 178 Å². The summed E-state index contributed by atoms with van der Waals surface area (Å²) in [5.41, 5.74) is 1.93. The average Bonchev–Trinajstić information content (AvgIpc) is 3.19. The predicted molar refractivity (Wildman–Crippen MR) is 120 cm³/mol. The molecule has 0 radical (unpaired) electrons. The van der Waals surface area contributed by atoms with Gasteiger partial charge in [-0.3, -0.25) is 19.0 Å². The number of nitrogens with zero attached hydrogens (tertiary/aromatic N) is 2. The monoisotopic (exact) mass is 420 g/mol. The van der Waals surface area contributed by atoms with Crippen molar-refractivity contribution in [3.63, 3.8) is 0 Å².